The van der Waals surface area contributed by atoms with Gasteiger partial charge in [0, 0.05) is 16.7 Å². The molecule has 26 heavy (non-hydrogen) atoms. The van der Waals surface area contributed by atoms with E-state index in [2.05, 4.69) is 5.32 Å². The van der Waals surface area contributed by atoms with E-state index in [1.807, 2.05) is 37.3 Å². The van der Waals surface area contributed by atoms with Crippen LogP contribution >= 0.6 is 11.6 Å². The van der Waals surface area contributed by atoms with Gasteiger partial charge in [0.1, 0.15) is 5.75 Å². The Morgan fingerprint density at radius 3 is 2.54 bits per heavy atom. The topological polar surface area (TPSA) is 64.6 Å². The van der Waals surface area contributed by atoms with Crippen molar-refractivity contribution in [3.63, 3.8) is 0 Å². The summed E-state index contributed by atoms with van der Waals surface area (Å²) < 4.78 is 10.1. The van der Waals surface area contributed by atoms with Gasteiger partial charge in [-0.25, -0.2) is 4.79 Å². The van der Waals surface area contributed by atoms with Crippen molar-refractivity contribution in [2.75, 3.05) is 13.7 Å². The molecule has 5 nitrogen and oxygen atoms in total. The van der Waals surface area contributed by atoms with Crippen molar-refractivity contribution in [3.8, 4) is 5.75 Å². The Kier molecular flexibility index (Phi) is 7.24. The van der Waals surface area contributed by atoms with Gasteiger partial charge in [0.25, 0.3) is 5.91 Å². The molecular weight excluding hydrogens is 354 g/mol. The van der Waals surface area contributed by atoms with Crippen LogP contribution in [-0.2, 0) is 14.3 Å². The van der Waals surface area contributed by atoms with Crippen LogP contribution in [0.3, 0.4) is 0 Å². The molecule has 0 saturated carbocycles. The fourth-order valence-electron chi connectivity index (χ4n) is 2.26. The summed E-state index contributed by atoms with van der Waals surface area (Å²) in [6.07, 6.45) is 2.84. The minimum atomic E-state index is -0.606. The van der Waals surface area contributed by atoms with Gasteiger partial charge in [-0.2, -0.15) is 0 Å². The highest BCUT2D eigenvalue weighted by atomic mass is 35.5. The predicted octanol–water partition coefficient (Wildman–Crippen LogP) is 3.78. The largest absolute Gasteiger partial charge is 0.496 e. The second-order valence-corrected chi connectivity index (χ2v) is 5.96. The van der Waals surface area contributed by atoms with E-state index in [0.717, 1.165) is 11.1 Å². The van der Waals surface area contributed by atoms with Crippen LogP contribution in [0.2, 0.25) is 5.02 Å². The van der Waals surface area contributed by atoms with E-state index in [4.69, 9.17) is 21.1 Å². The number of hydrogen-bond donors (Lipinski definition) is 1. The fourth-order valence-corrected chi connectivity index (χ4v) is 2.39. The van der Waals surface area contributed by atoms with Gasteiger partial charge in [0.05, 0.1) is 13.2 Å². The van der Waals surface area contributed by atoms with Gasteiger partial charge in [-0.1, -0.05) is 41.9 Å². The average Bonchev–Trinajstić information content (AvgIpc) is 2.65. The molecule has 0 bridgehead atoms. The first-order chi connectivity index (χ1) is 12.5. The van der Waals surface area contributed by atoms with Crippen molar-refractivity contribution in [1.82, 2.24) is 5.32 Å². The lowest BCUT2D eigenvalue weighted by molar-refractivity contribution is -0.144. The molecule has 0 aliphatic rings. The molecule has 2 aromatic carbocycles. The normalized spacial score (nSPS) is 11.8. The van der Waals surface area contributed by atoms with E-state index in [9.17, 15) is 9.59 Å². The lowest BCUT2D eigenvalue weighted by Crippen LogP contribution is -2.30. The van der Waals surface area contributed by atoms with Crippen LogP contribution in [0, 0.1) is 0 Å². The first kappa shape index (κ1) is 19.5. The quantitative estimate of drug-likeness (QED) is 0.592. The lowest BCUT2D eigenvalue weighted by atomic mass is 10.1. The molecule has 0 radical (unpaired) electrons. The number of amides is 1. The molecule has 0 aliphatic heterocycles. The summed E-state index contributed by atoms with van der Waals surface area (Å²) in [5.74, 6) is -0.345. The molecule has 6 heteroatoms. The van der Waals surface area contributed by atoms with Crippen LogP contribution in [0.1, 0.15) is 24.1 Å². The number of benzene rings is 2. The van der Waals surface area contributed by atoms with Gasteiger partial charge in [-0.3, -0.25) is 4.79 Å². The molecule has 136 valence electrons. The first-order valence-corrected chi connectivity index (χ1v) is 8.40. The van der Waals surface area contributed by atoms with E-state index in [0.29, 0.717) is 10.8 Å². The highest BCUT2D eigenvalue weighted by molar-refractivity contribution is 6.30. The summed E-state index contributed by atoms with van der Waals surface area (Å²) in [4.78, 5) is 23.7. The molecule has 0 aliphatic carbocycles. The minimum absolute atomic E-state index is 0.220. The molecule has 1 amide bonds. The zero-order valence-electron chi connectivity index (χ0n) is 14.6. The Balaban J connectivity index is 1.82. The third-order valence-corrected chi connectivity index (χ3v) is 3.88. The molecular formula is C20H20ClNO4. The van der Waals surface area contributed by atoms with Crippen molar-refractivity contribution in [2.45, 2.75) is 13.0 Å². The van der Waals surface area contributed by atoms with E-state index in [1.165, 1.54) is 6.08 Å². The SMILES string of the molecule is COc1ccccc1/C=C/C(=O)OCC(=O)N[C@H](C)c1ccc(Cl)cc1. The number of para-hydroxylation sites is 1. The van der Waals surface area contributed by atoms with E-state index in [-0.39, 0.29) is 18.6 Å². The van der Waals surface area contributed by atoms with Gasteiger partial charge < -0.3 is 14.8 Å². The number of carbonyl (C=O) groups is 2. The molecule has 1 atom stereocenters. The highest BCUT2D eigenvalue weighted by Gasteiger charge is 2.11. The number of nitrogens with one attached hydrogen (secondary N) is 1. The Bertz CT molecular complexity index is 787. The molecule has 0 heterocycles. The van der Waals surface area contributed by atoms with Crippen molar-refractivity contribution in [2.24, 2.45) is 0 Å². The zero-order valence-corrected chi connectivity index (χ0v) is 15.3. The van der Waals surface area contributed by atoms with Gasteiger partial charge in [-0.05, 0) is 36.8 Å². The predicted molar refractivity (Wildman–Crippen MR) is 101 cm³/mol. The zero-order chi connectivity index (χ0) is 18.9. The number of ether oxygens (including phenoxy) is 2. The number of hydrogen-bond acceptors (Lipinski definition) is 4. The standard InChI is InChI=1S/C20H20ClNO4/c1-14(15-7-10-17(21)11-8-15)22-19(23)13-26-20(24)12-9-16-5-3-4-6-18(16)25-2/h3-12,14H,13H2,1-2H3,(H,22,23)/b12-9+/t14-/m1/s1. The van der Waals surface area contributed by atoms with Crippen LogP contribution < -0.4 is 10.1 Å². The van der Waals surface area contributed by atoms with Crippen molar-refractivity contribution in [3.05, 3.63) is 70.8 Å². The third kappa shape index (κ3) is 5.93. The average molecular weight is 374 g/mol. The maximum Gasteiger partial charge on any atom is 0.331 e. The minimum Gasteiger partial charge on any atom is -0.496 e. The van der Waals surface area contributed by atoms with Crippen LogP contribution in [0.5, 0.6) is 5.75 Å². The third-order valence-electron chi connectivity index (χ3n) is 3.63. The fraction of sp³-hybridized carbons (Fsp3) is 0.200. The van der Waals surface area contributed by atoms with E-state index < -0.39 is 5.97 Å². The summed E-state index contributed by atoms with van der Waals surface area (Å²) in [5, 5.41) is 3.39. The highest BCUT2D eigenvalue weighted by Crippen LogP contribution is 2.18. The van der Waals surface area contributed by atoms with E-state index in [1.54, 1.807) is 31.4 Å². The maximum absolute atomic E-state index is 11.9. The second kappa shape index (κ2) is 9.63. The number of carbonyl (C=O) groups excluding carboxylic acids is 2. The Labute approximate surface area is 157 Å². The van der Waals surface area contributed by atoms with Crippen LogP contribution in [0.25, 0.3) is 6.08 Å². The molecule has 0 saturated heterocycles. The number of rotatable bonds is 7. The smallest absolute Gasteiger partial charge is 0.331 e. The van der Waals surface area contributed by atoms with Gasteiger partial charge in [-0.15, -0.1) is 0 Å². The Morgan fingerprint density at radius 2 is 1.85 bits per heavy atom. The molecule has 2 aromatic rings. The summed E-state index contributed by atoms with van der Waals surface area (Å²) >= 11 is 5.84. The maximum atomic E-state index is 11.9. The Morgan fingerprint density at radius 1 is 1.15 bits per heavy atom. The van der Waals surface area contributed by atoms with Crippen LogP contribution in [0.15, 0.2) is 54.6 Å². The molecule has 0 aromatic heterocycles. The van der Waals surface area contributed by atoms with E-state index >= 15 is 0 Å². The molecule has 2 rings (SSSR count). The molecule has 1 N–H and O–H groups in total. The first-order valence-electron chi connectivity index (χ1n) is 8.02. The Hall–Kier alpha value is -2.79. The number of methoxy groups -OCH3 is 1. The number of halogens is 1. The monoisotopic (exact) mass is 373 g/mol. The molecule has 0 unspecified atom stereocenters. The lowest BCUT2D eigenvalue weighted by Gasteiger charge is -2.14. The van der Waals surface area contributed by atoms with Gasteiger partial charge in [0.2, 0.25) is 0 Å². The summed E-state index contributed by atoms with van der Waals surface area (Å²) in [6, 6.07) is 14.2. The van der Waals surface area contributed by atoms with Crippen molar-refractivity contribution in [1.29, 1.82) is 0 Å². The summed E-state index contributed by atoms with van der Waals surface area (Å²) in [7, 11) is 1.55. The van der Waals surface area contributed by atoms with Crippen molar-refractivity contribution >= 4 is 29.6 Å². The molecule has 0 spiro atoms. The number of esters is 1. The van der Waals surface area contributed by atoms with Gasteiger partial charge >= 0.3 is 5.97 Å². The van der Waals surface area contributed by atoms with Crippen LogP contribution in [-0.4, -0.2) is 25.6 Å². The second-order valence-electron chi connectivity index (χ2n) is 5.52. The summed E-state index contributed by atoms with van der Waals surface area (Å²) in [6.45, 7) is 1.48. The van der Waals surface area contributed by atoms with Gasteiger partial charge in [0.15, 0.2) is 6.61 Å². The molecule has 0 fully saturated rings. The van der Waals surface area contributed by atoms with Crippen LogP contribution in [0.4, 0.5) is 0 Å². The van der Waals surface area contributed by atoms with Crippen molar-refractivity contribution < 1.29 is 19.1 Å². The summed E-state index contributed by atoms with van der Waals surface area (Å²) in [5.41, 5.74) is 1.65.